The van der Waals surface area contributed by atoms with Gasteiger partial charge >= 0.3 is 0 Å². The average Bonchev–Trinajstić information content (AvgIpc) is 3.28. The molecule has 2 aromatic rings. The van der Waals surface area contributed by atoms with E-state index < -0.39 is 0 Å². The molecule has 166 valence electrons. The lowest BCUT2D eigenvalue weighted by Gasteiger charge is -2.32. The van der Waals surface area contributed by atoms with Crippen molar-refractivity contribution in [2.75, 3.05) is 53.1 Å². The summed E-state index contributed by atoms with van der Waals surface area (Å²) in [4.78, 5) is 6.57. The van der Waals surface area contributed by atoms with Gasteiger partial charge in [-0.1, -0.05) is 6.07 Å². The molecule has 2 heterocycles. The zero-order valence-electron chi connectivity index (χ0n) is 18.4. The van der Waals surface area contributed by atoms with Crippen molar-refractivity contribution < 1.29 is 14.2 Å². The number of ether oxygens (including phenoxy) is 3. The molecule has 1 N–H and O–H groups in total. The monoisotopic (exact) mass is 416 g/mol. The number of aromatic nitrogens is 2. The lowest BCUT2D eigenvalue weighted by atomic mass is 9.98. The van der Waals surface area contributed by atoms with Crippen LogP contribution in [0.15, 0.2) is 36.9 Å². The highest BCUT2D eigenvalue weighted by molar-refractivity contribution is 5.43. The second kappa shape index (κ2) is 12.6. The molecule has 0 aliphatic carbocycles. The summed E-state index contributed by atoms with van der Waals surface area (Å²) in [5.41, 5.74) is 1.22. The van der Waals surface area contributed by atoms with Crippen LogP contribution in [-0.4, -0.2) is 67.6 Å². The highest BCUT2D eigenvalue weighted by Gasteiger charge is 2.19. The molecule has 1 fully saturated rings. The first-order chi connectivity index (χ1) is 14.8. The molecule has 1 aromatic carbocycles. The first-order valence-electron chi connectivity index (χ1n) is 11.0. The van der Waals surface area contributed by atoms with Gasteiger partial charge in [0.05, 0.1) is 26.1 Å². The van der Waals surface area contributed by atoms with Gasteiger partial charge in [-0.15, -0.1) is 0 Å². The summed E-state index contributed by atoms with van der Waals surface area (Å²) in [5.74, 6) is 2.31. The Morgan fingerprint density at radius 2 is 2.10 bits per heavy atom. The zero-order chi connectivity index (χ0) is 21.0. The lowest BCUT2D eigenvalue weighted by Crippen LogP contribution is -2.40. The van der Waals surface area contributed by atoms with Crippen LogP contribution in [0.5, 0.6) is 11.5 Å². The minimum absolute atomic E-state index is 0.579. The first kappa shape index (κ1) is 22.6. The second-order valence-corrected chi connectivity index (χ2v) is 7.80. The molecule has 0 spiro atoms. The second-order valence-electron chi connectivity index (χ2n) is 7.80. The SMILES string of the molecule is CCOc1cc(CNC[C@H]2CCCN(CCOC)C2)ccc1OCCn1ccnc1. The predicted molar refractivity (Wildman–Crippen MR) is 118 cm³/mol. The summed E-state index contributed by atoms with van der Waals surface area (Å²) < 4.78 is 19.0. The molecular weight excluding hydrogens is 380 g/mol. The normalized spacial score (nSPS) is 17.2. The molecule has 7 nitrogen and oxygen atoms in total. The maximum absolute atomic E-state index is 5.95. The van der Waals surface area contributed by atoms with Crippen molar-refractivity contribution in [1.29, 1.82) is 0 Å². The first-order valence-corrected chi connectivity index (χ1v) is 11.0. The van der Waals surface area contributed by atoms with E-state index in [1.54, 1.807) is 19.6 Å². The Hall–Kier alpha value is -2.09. The number of imidazole rings is 1. The van der Waals surface area contributed by atoms with Crippen LogP contribution in [0.3, 0.4) is 0 Å². The number of benzene rings is 1. The molecule has 0 radical (unpaired) electrons. The van der Waals surface area contributed by atoms with E-state index in [-0.39, 0.29) is 0 Å². The van der Waals surface area contributed by atoms with Crippen molar-refractivity contribution in [3.8, 4) is 11.5 Å². The summed E-state index contributed by atoms with van der Waals surface area (Å²) in [6.45, 7) is 10.0. The fourth-order valence-electron chi connectivity index (χ4n) is 3.89. The molecule has 30 heavy (non-hydrogen) atoms. The fraction of sp³-hybridized carbons (Fsp3) is 0.609. The minimum atomic E-state index is 0.579. The molecule has 0 saturated carbocycles. The number of nitrogens with one attached hydrogen (secondary N) is 1. The number of hydrogen-bond acceptors (Lipinski definition) is 6. The third-order valence-electron chi connectivity index (χ3n) is 5.45. The highest BCUT2D eigenvalue weighted by Crippen LogP contribution is 2.28. The van der Waals surface area contributed by atoms with Gasteiger partial charge in [-0.2, -0.15) is 0 Å². The zero-order valence-corrected chi connectivity index (χ0v) is 18.4. The Kier molecular flexibility index (Phi) is 9.47. The van der Waals surface area contributed by atoms with E-state index in [9.17, 15) is 0 Å². The van der Waals surface area contributed by atoms with E-state index in [1.807, 2.05) is 23.8 Å². The van der Waals surface area contributed by atoms with Crippen molar-refractivity contribution >= 4 is 0 Å². The molecule has 0 bridgehead atoms. The average molecular weight is 417 g/mol. The van der Waals surface area contributed by atoms with Crippen LogP contribution in [-0.2, 0) is 17.8 Å². The molecule has 1 aromatic heterocycles. The number of likely N-dealkylation sites (tertiary alicyclic amines) is 1. The molecule has 3 rings (SSSR count). The Balaban J connectivity index is 1.45. The van der Waals surface area contributed by atoms with Crippen molar-refractivity contribution in [2.45, 2.75) is 32.9 Å². The summed E-state index contributed by atoms with van der Waals surface area (Å²) >= 11 is 0. The maximum Gasteiger partial charge on any atom is 0.161 e. The summed E-state index contributed by atoms with van der Waals surface area (Å²) in [6, 6.07) is 6.23. The van der Waals surface area contributed by atoms with Gasteiger partial charge in [0.25, 0.3) is 0 Å². The van der Waals surface area contributed by atoms with Crippen LogP contribution in [0.4, 0.5) is 0 Å². The van der Waals surface area contributed by atoms with Crippen molar-refractivity contribution in [3.63, 3.8) is 0 Å². The van der Waals surface area contributed by atoms with Gasteiger partial charge in [-0.3, -0.25) is 0 Å². The van der Waals surface area contributed by atoms with Gasteiger partial charge < -0.3 is 29.0 Å². The van der Waals surface area contributed by atoms with E-state index in [2.05, 4.69) is 27.3 Å². The minimum Gasteiger partial charge on any atom is -0.490 e. The van der Waals surface area contributed by atoms with Crippen LogP contribution < -0.4 is 14.8 Å². The van der Waals surface area contributed by atoms with Crippen LogP contribution in [0.25, 0.3) is 0 Å². The Morgan fingerprint density at radius 1 is 1.17 bits per heavy atom. The van der Waals surface area contributed by atoms with Gasteiger partial charge in [0.1, 0.15) is 6.61 Å². The van der Waals surface area contributed by atoms with Crippen molar-refractivity contribution in [2.24, 2.45) is 5.92 Å². The van der Waals surface area contributed by atoms with Crippen LogP contribution in [0.1, 0.15) is 25.3 Å². The largest absolute Gasteiger partial charge is 0.490 e. The molecule has 0 amide bonds. The van der Waals surface area contributed by atoms with Gasteiger partial charge in [0, 0.05) is 39.1 Å². The number of rotatable bonds is 13. The van der Waals surface area contributed by atoms with E-state index in [0.717, 1.165) is 50.8 Å². The lowest BCUT2D eigenvalue weighted by molar-refractivity contribution is 0.114. The molecule has 1 aliphatic rings. The molecule has 7 heteroatoms. The Morgan fingerprint density at radius 3 is 2.90 bits per heavy atom. The van der Waals surface area contributed by atoms with E-state index in [4.69, 9.17) is 14.2 Å². The van der Waals surface area contributed by atoms with E-state index in [0.29, 0.717) is 19.1 Å². The van der Waals surface area contributed by atoms with Gasteiger partial charge in [0.15, 0.2) is 11.5 Å². The summed E-state index contributed by atoms with van der Waals surface area (Å²) in [7, 11) is 1.77. The summed E-state index contributed by atoms with van der Waals surface area (Å²) in [5, 5.41) is 3.63. The van der Waals surface area contributed by atoms with E-state index in [1.165, 1.54) is 24.9 Å². The number of nitrogens with zero attached hydrogens (tertiary/aromatic N) is 3. The van der Waals surface area contributed by atoms with Crippen LogP contribution in [0, 0.1) is 5.92 Å². The molecule has 1 saturated heterocycles. The quantitative estimate of drug-likeness (QED) is 0.542. The number of piperidine rings is 1. The summed E-state index contributed by atoms with van der Waals surface area (Å²) in [6.07, 6.45) is 8.08. The molecule has 1 atom stereocenters. The van der Waals surface area contributed by atoms with Gasteiger partial charge in [0.2, 0.25) is 0 Å². The van der Waals surface area contributed by atoms with E-state index >= 15 is 0 Å². The molecule has 1 aliphatic heterocycles. The van der Waals surface area contributed by atoms with Crippen LogP contribution >= 0.6 is 0 Å². The van der Waals surface area contributed by atoms with Gasteiger partial charge in [-0.05, 0) is 56.5 Å². The number of methoxy groups -OCH3 is 1. The number of hydrogen-bond donors (Lipinski definition) is 1. The predicted octanol–water partition coefficient (Wildman–Crippen LogP) is 2.81. The Labute approximate surface area is 180 Å². The maximum atomic E-state index is 5.95. The van der Waals surface area contributed by atoms with Gasteiger partial charge in [-0.25, -0.2) is 4.98 Å². The van der Waals surface area contributed by atoms with Crippen molar-refractivity contribution in [1.82, 2.24) is 19.8 Å². The Bertz CT molecular complexity index is 723. The third-order valence-corrected chi connectivity index (χ3v) is 5.45. The highest BCUT2D eigenvalue weighted by atomic mass is 16.5. The molecular formula is C23H36N4O3. The topological polar surface area (TPSA) is 60.8 Å². The molecule has 0 unspecified atom stereocenters. The third kappa shape index (κ3) is 7.31. The fourth-order valence-corrected chi connectivity index (χ4v) is 3.89. The smallest absolute Gasteiger partial charge is 0.161 e. The van der Waals surface area contributed by atoms with Crippen LogP contribution in [0.2, 0.25) is 0 Å². The standard InChI is InChI=1S/C23H36N4O3/c1-3-29-23-15-20(6-7-22(23)30-14-12-27-10-8-24-19-27)16-25-17-21-5-4-9-26(18-21)11-13-28-2/h6-8,10,15,19,21,25H,3-5,9,11-14,16-18H2,1-2H3/t21-/m1/s1. The van der Waals surface area contributed by atoms with Crippen molar-refractivity contribution in [3.05, 3.63) is 42.5 Å².